The molecule has 3 nitrogen and oxygen atoms in total. The van der Waals surface area contributed by atoms with Gasteiger partial charge in [0.1, 0.15) is 5.75 Å². The average molecular weight is 306 g/mol. The second-order valence-electron chi connectivity index (χ2n) is 8.02. The molecule has 0 heterocycles. The van der Waals surface area contributed by atoms with Crippen molar-refractivity contribution in [3.63, 3.8) is 0 Å². The molecule has 0 aromatic heterocycles. The summed E-state index contributed by atoms with van der Waals surface area (Å²) in [5.41, 5.74) is 2.38. The van der Waals surface area contributed by atoms with Crippen LogP contribution in [0.4, 0.5) is 0 Å². The number of benzene rings is 1. The zero-order chi connectivity index (χ0) is 17.1. The SMILES string of the molecule is CCCCOc1c(B(O)O)cc(C(C)(C)C)cc1C(C)(C)C. The lowest BCUT2D eigenvalue weighted by Gasteiger charge is -2.29. The Balaban J connectivity index is 3.49. The molecule has 0 bridgehead atoms. The molecule has 0 spiro atoms. The summed E-state index contributed by atoms with van der Waals surface area (Å²) in [7, 11) is -1.53. The van der Waals surface area contributed by atoms with Crippen LogP contribution >= 0.6 is 0 Å². The highest BCUT2D eigenvalue weighted by Crippen LogP contribution is 2.34. The van der Waals surface area contributed by atoms with Gasteiger partial charge in [-0.2, -0.15) is 0 Å². The zero-order valence-corrected chi connectivity index (χ0v) is 15.2. The van der Waals surface area contributed by atoms with Crippen molar-refractivity contribution in [3.8, 4) is 5.75 Å². The minimum atomic E-state index is -1.53. The molecule has 1 rings (SSSR count). The van der Waals surface area contributed by atoms with Crippen molar-refractivity contribution in [2.75, 3.05) is 6.61 Å². The number of hydrogen-bond acceptors (Lipinski definition) is 3. The van der Waals surface area contributed by atoms with Gasteiger partial charge in [0.15, 0.2) is 0 Å². The smallest absolute Gasteiger partial charge is 0.492 e. The van der Waals surface area contributed by atoms with Gasteiger partial charge in [-0.3, -0.25) is 0 Å². The lowest BCUT2D eigenvalue weighted by molar-refractivity contribution is 0.301. The van der Waals surface area contributed by atoms with Gasteiger partial charge in [-0.05, 0) is 28.4 Å². The van der Waals surface area contributed by atoms with Gasteiger partial charge in [-0.25, -0.2) is 0 Å². The van der Waals surface area contributed by atoms with Crippen LogP contribution in [-0.2, 0) is 10.8 Å². The number of ether oxygens (including phenoxy) is 1. The van der Waals surface area contributed by atoms with Crippen LogP contribution in [0.1, 0.15) is 72.4 Å². The second kappa shape index (κ2) is 7.05. The van der Waals surface area contributed by atoms with Gasteiger partial charge in [-0.15, -0.1) is 0 Å². The Bertz CT molecular complexity index is 496. The fraction of sp³-hybridized carbons (Fsp3) is 0.667. The van der Waals surface area contributed by atoms with Crippen molar-refractivity contribution in [3.05, 3.63) is 23.3 Å². The third kappa shape index (κ3) is 4.75. The van der Waals surface area contributed by atoms with Gasteiger partial charge in [0.25, 0.3) is 0 Å². The van der Waals surface area contributed by atoms with E-state index in [2.05, 4.69) is 54.5 Å². The molecule has 0 saturated heterocycles. The minimum absolute atomic E-state index is 0.0639. The molecule has 0 aliphatic heterocycles. The summed E-state index contributed by atoms with van der Waals surface area (Å²) in [5.74, 6) is 0.629. The summed E-state index contributed by atoms with van der Waals surface area (Å²) in [6.07, 6.45) is 1.99. The molecule has 2 N–H and O–H groups in total. The summed E-state index contributed by atoms with van der Waals surface area (Å²) in [6, 6.07) is 4.01. The van der Waals surface area contributed by atoms with E-state index in [1.165, 1.54) is 0 Å². The normalized spacial score (nSPS) is 12.4. The average Bonchev–Trinajstić information content (AvgIpc) is 2.36. The van der Waals surface area contributed by atoms with Crippen LogP contribution in [0.25, 0.3) is 0 Å². The van der Waals surface area contributed by atoms with Gasteiger partial charge >= 0.3 is 7.12 Å². The van der Waals surface area contributed by atoms with Crippen LogP contribution in [0.15, 0.2) is 12.1 Å². The predicted molar refractivity (Wildman–Crippen MR) is 94.1 cm³/mol. The molecule has 124 valence electrons. The van der Waals surface area contributed by atoms with Crippen molar-refractivity contribution >= 4 is 12.6 Å². The van der Waals surface area contributed by atoms with Gasteiger partial charge < -0.3 is 14.8 Å². The van der Waals surface area contributed by atoms with E-state index in [1.54, 1.807) is 0 Å². The molecule has 0 saturated carbocycles. The third-order valence-electron chi connectivity index (χ3n) is 3.81. The van der Waals surface area contributed by atoms with E-state index >= 15 is 0 Å². The summed E-state index contributed by atoms with van der Waals surface area (Å²) in [5, 5.41) is 19.6. The third-order valence-corrected chi connectivity index (χ3v) is 3.81. The quantitative estimate of drug-likeness (QED) is 0.649. The minimum Gasteiger partial charge on any atom is -0.494 e. The molecule has 22 heavy (non-hydrogen) atoms. The molecule has 4 heteroatoms. The molecule has 0 amide bonds. The van der Waals surface area contributed by atoms with Crippen LogP contribution in [0.2, 0.25) is 0 Å². The maximum atomic E-state index is 9.82. The van der Waals surface area contributed by atoms with Crippen LogP contribution in [-0.4, -0.2) is 23.8 Å². The highest BCUT2D eigenvalue weighted by molar-refractivity contribution is 6.59. The predicted octanol–water partition coefficient (Wildman–Crippen LogP) is 3.14. The Labute approximate surface area is 135 Å². The summed E-state index contributed by atoms with van der Waals surface area (Å²) >= 11 is 0. The highest BCUT2D eigenvalue weighted by Gasteiger charge is 2.29. The first-order valence-corrected chi connectivity index (χ1v) is 8.16. The standard InChI is InChI=1S/C18H31BO3/c1-8-9-10-22-16-14(18(5,6)7)11-13(17(2,3)4)12-15(16)19(20)21/h11-12,20-21H,8-10H2,1-7H3. The molecule has 0 unspecified atom stereocenters. The Kier molecular flexibility index (Phi) is 6.11. The molecular formula is C18H31BO3. The van der Waals surface area contributed by atoms with Crippen molar-refractivity contribution in [2.45, 2.75) is 72.1 Å². The van der Waals surface area contributed by atoms with Crippen molar-refractivity contribution in [1.82, 2.24) is 0 Å². The topological polar surface area (TPSA) is 49.7 Å². The van der Waals surface area contributed by atoms with Crippen LogP contribution in [0.5, 0.6) is 5.75 Å². The molecule has 1 aromatic carbocycles. The molecular weight excluding hydrogens is 275 g/mol. The van der Waals surface area contributed by atoms with Gasteiger partial charge in [0.2, 0.25) is 0 Å². The van der Waals surface area contributed by atoms with E-state index in [4.69, 9.17) is 4.74 Å². The van der Waals surface area contributed by atoms with Crippen LogP contribution in [0.3, 0.4) is 0 Å². The van der Waals surface area contributed by atoms with Crippen molar-refractivity contribution < 1.29 is 14.8 Å². The van der Waals surface area contributed by atoms with E-state index in [-0.39, 0.29) is 10.8 Å². The molecule has 0 aliphatic carbocycles. The molecule has 0 fully saturated rings. The monoisotopic (exact) mass is 306 g/mol. The maximum absolute atomic E-state index is 9.82. The number of rotatable bonds is 5. The van der Waals surface area contributed by atoms with Gasteiger partial charge in [0, 0.05) is 5.46 Å². The van der Waals surface area contributed by atoms with Gasteiger partial charge in [0.05, 0.1) is 6.61 Å². The summed E-state index contributed by atoms with van der Waals surface area (Å²) in [6.45, 7) is 15.4. The fourth-order valence-corrected chi connectivity index (χ4v) is 2.31. The van der Waals surface area contributed by atoms with E-state index in [0.717, 1.165) is 24.0 Å². The second-order valence-corrected chi connectivity index (χ2v) is 8.02. The van der Waals surface area contributed by atoms with E-state index in [0.29, 0.717) is 17.8 Å². The molecule has 0 aliphatic rings. The fourth-order valence-electron chi connectivity index (χ4n) is 2.31. The molecule has 1 aromatic rings. The first-order valence-electron chi connectivity index (χ1n) is 8.16. The maximum Gasteiger partial charge on any atom is 0.492 e. The summed E-state index contributed by atoms with van der Waals surface area (Å²) in [4.78, 5) is 0. The highest BCUT2D eigenvalue weighted by atomic mass is 16.5. The Hall–Kier alpha value is -0.995. The van der Waals surface area contributed by atoms with E-state index in [1.807, 2.05) is 6.07 Å². The van der Waals surface area contributed by atoms with E-state index in [9.17, 15) is 10.0 Å². The number of hydrogen-bond donors (Lipinski definition) is 2. The first-order chi connectivity index (χ1) is 9.98. The van der Waals surface area contributed by atoms with E-state index < -0.39 is 7.12 Å². The van der Waals surface area contributed by atoms with Crippen molar-refractivity contribution in [1.29, 1.82) is 0 Å². The molecule has 0 radical (unpaired) electrons. The molecule has 0 atom stereocenters. The van der Waals surface area contributed by atoms with Crippen LogP contribution in [0, 0.1) is 0 Å². The van der Waals surface area contributed by atoms with Gasteiger partial charge in [-0.1, -0.05) is 67.0 Å². The Morgan fingerprint density at radius 3 is 2.00 bits per heavy atom. The first kappa shape index (κ1) is 19.1. The lowest BCUT2D eigenvalue weighted by Crippen LogP contribution is -2.35. The largest absolute Gasteiger partial charge is 0.494 e. The van der Waals surface area contributed by atoms with Crippen LogP contribution < -0.4 is 10.2 Å². The Morgan fingerprint density at radius 2 is 1.59 bits per heavy atom. The lowest BCUT2D eigenvalue weighted by atomic mass is 9.71. The number of unbranched alkanes of at least 4 members (excludes halogenated alkanes) is 1. The van der Waals surface area contributed by atoms with Crippen molar-refractivity contribution in [2.24, 2.45) is 0 Å². The Morgan fingerprint density at radius 1 is 1.00 bits per heavy atom. The summed E-state index contributed by atoms with van der Waals surface area (Å²) < 4.78 is 5.94. The zero-order valence-electron chi connectivity index (χ0n) is 15.2.